The van der Waals surface area contributed by atoms with Crippen molar-refractivity contribution in [3.63, 3.8) is 0 Å². The number of esters is 1. The third-order valence-electron chi connectivity index (χ3n) is 6.18. The van der Waals surface area contributed by atoms with Crippen LogP contribution >= 0.6 is 11.3 Å². The molecule has 0 fully saturated rings. The molecular formula is C26H26N4O4S. The normalized spacial score (nSPS) is 14.5. The summed E-state index contributed by atoms with van der Waals surface area (Å²) >= 11 is 1.34. The summed E-state index contributed by atoms with van der Waals surface area (Å²) in [5, 5.41) is 4.00. The van der Waals surface area contributed by atoms with Crippen LogP contribution in [0.5, 0.6) is 5.75 Å². The molecule has 4 aromatic rings. The number of hydrogen-bond donors (Lipinski definition) is 1. The van der Waals surface area contributed by atoms with Crippen LogP contribution in [0.3, 0.4) is 0 Å². The van der Waals surface area contributed by atoms with Crippen LogP contribution in [0, 0.1) is 0 Å². The summed E-state index contributed by atoms with van der Waals surface area (Å²) in [7, 11) is 3.62. The number of methoxy groups -OCH3 is 1. The summed E-state index contributed by atoms with van der Waals surface area (Å²) in [5.74, 6) is -0.194. The molecular weight excluding hydrogens is 464 g/mol. The van der Waals surface area contributed by atoms with Gasteiger partial charge in [-0.25, -0.2) is 9.78 Å². The van der Waals surface area contributed by atoms with Gasteiger partial charge in [-0.1, -0.05) is 36.5 Å². The molecule has 8 nitrogen and oxygen atoms in total. The number of benzene rings is 2. The Labute approximate surface area is 206 Å². The highest BCUT2D eigenvalue weighted by Crippen LogP contribution is 2.31. The first-order chi connectivity index (χ1) is 17.0. The average Bonchev–Trinajstić information content (AvgIpc) is 3.26. The quantitative estimate of drug-likeness (QED) is 0.400. The zero-order chi connectivity index (χ0) is 24.5. The lowest BCUT2D eigenvalue weighted by atomic mass is 9.96. The van der Waals surface area contributed by atoms with Crippen LogP contribution in [-0.2, 0) is 22.5 Å². The summed E-state index contributed by atoms with van der Waals surface area (Å²) in [6.45, 7) is 3.30. The van der Waals surface area contributed by atoms with Gasteiger partial charge in [-0.2, -0.15) is 0 Å². The fourth-order valence-electron chi connectivity index (χ4n) is 4.34. The molecule has 0 bridgehead atoms. The first-order valence-corrected chi connectivity index (χ1v) is 12.3. The predicted octanol–water partition coefficient (Wildman–Crippen LogP) is 4.42. The number of ether oxygens (including phenoxy) is 2. The molecule has 0 aliphatic carbocycles. The van der Waals surface area contributed by atoms with Gasteiger partial charge in [0.2, 0.25) is 0 Å². The monoisotopic (exact) mass is 490 g/mol. The maximum Gasteiger partial charge on any atom is 0.340 e. The number of aromatic nitrogens is 2. The van der Waals surface area contributed by atoms with Gasteiger partial charge < -0.3 is 14.4 Å². The van der Waals surface area contributed by atoms with E-state index in [1.54, 1.807) is 7.11 Å². The van der Waals surface area contributed by atoms with E-state index in [-0.39, 0.29) is 0 Å². The molecule has 0 saturated heterocycles. The Hall–Kier alpha value is -3.56. The molecule has 2 aromatic heterocycles. The van der Waals surface area contributed by atoms with Gasteiger partial charge in [0.15, 0.2) is 11.2 Å². The minimum Gasteiger partial charge on any atom is -0.497 e. The highest BCUT2D eigenvalue weighted by Gasteiger charge is 2.29. The van der Waals surface area contributed by atoms with Gasteiger partial charge in [-0.3, -0.25) is 15.1 Å². The van der Waals surface area contributed by atoms with Crippen molar-refractivity contribution in [2.45, 2.75) is 32.4 Å². The number of hydrogen-bond acceptors (Lipinski definition) is 8. The Kier molecular flexibility index (Phi) is 6.36. The molecule has 0 radical (unpaired) electrons. The maximum atomic E-state index is 13.5. The zero-order valence-electron chi connectivity index (χ0n) is 19.8. The molecule has 9 heteroatoms. The Bertz CT molecular complexity index is 1430. The number of amides is 1. The summed E-state index contributed by atoms with van der Waals surface area (Å²) in [5.41, 5.74) is 3.80. The Balaban J connectivity index is 1.41. The van der Waals surface area contributed by atoms with Crippen molar-refractivity contribution in [3.8, 4) is 5.75 Å². The summed E-state index contributed by atoms with van der Waals surface area (Å²) in [6.07, 6.45) is 0.145. The van der Waals surface area contributed by atoms with E-state index in [0.717, 1.165) is 51.1 Å². The Morgan fingerprint density at radius 1 is 1.17 bits per heavy atom. The number of likely N-dealkylation sites (N-methyl/N-ethyl adjacent to an activating group) is 1. The van der Waals surface area contributed by atoms with E-state index in [2.05, 4.69) is 15.2 Å². The molecule has 3 heterocycles. The number of carbonyl (C=O) groups is 2. The molecule has 180 valence electrons. The van der Waals surface area contributed by atoms with Gasteiger partial charge in [-0.15, -0.1) is 0 Å². The maximum absolute atomic E-state index is 13.5. The molecule has 35 heavy (non-hydrogen) atoms. The fourth-order valence-corrected chi connectivity index (χ4v) is 5.24. The topological polar surface area (TPSA) is 93.7 Å². The molecule has 0 spiro atoms. The van der Waals surface area contributed by atoms with E-state index in [9.17, 15) is 9.59 Å². The van der Waals surface area contributed by atoms with Gasteiger partial charge in [-0.05, 0) is 37.7 Å². The van der Waals surface area contributed by atoms with Crippen LogP contribution in [0.15, 0.2) is 42.5 Å². The van der Waals surface area contributed by atoms with E-state index in [0.29, 0.717) is 23.7 Å². The lowest BCUT2D eigenvalue weighted by Crippen LogP contribution is -2.34. The van der Waals surface area contributed by atoms with Gasteiger partial charge in [0.05, 0.1) is 28.4 Å². The molecule has 0 saturated carbocycles. The van der Waals surface area contributed by atoms with E-state index in [4.69, 9.17) is 14.5 Å². The third-order valence-corrected chi connectivity index (χ3v) is 7.11. The summed E-state index contributed by atoms with van der Waals surface area (Å²) < 4.78 is 11.9. The molecule has 1 aliphatic rings. The van der Waals surface area contributed by atoms with Crippen molar-refractivity contribution < 1.29 is 19.1 Å². The van der Waals surface area contributed by atoms with Gasteiger partial charge in [0.1, 0.15) is 5.75 Å². The SMILES string of the molecule is CCC(OC(=O)c1c2c(nc3ccccc13)CCN(C)C2)C(=O)Nc1nc2ccc(OC)cc2s1. The number of nitrogens with zero attached hydrogens (tertiary/aromatic N) is 3. The van der Waals surface area contributed by atoms with E-state index in [1.165, 1.54) is 11.3 Å². The Morgan fingerprint density at radius 2 is 2.00 bits per heavy atom. The van der Waals surface area contributed by atoms with Crippen molar-refractivity contribution in [1.82, 2.24) is 14.9 Å². The van der Waals surface area contributed by atoms with Crippen molar-refractivity contribution in [2.75, 3.05) is 26.0 Å². The molecule has 1 aliphatic heterocycles. The van der Waals surface area contributed by atoms with Gasteiger partial charge >= 0.3 is 5.97 Å². The molecule has 5 rings (SSSR count). The minimum absolute atomic E-state index is 0.335. The number of para-hydroxylation sites is 1. The van der Waals surface area contributed by atoms with E-state index >= 15 is 0 Å². The second-order valence-electron chi connectivity index (χ2n) is 8.56. The van der Waals surface area contributed by atoms with Gasteiger partial charge in [0.25, 0.3) is 5.91 Å². The molecule has 1 N–H and O–H groups in total. The van der Waals surface area contributed by atoms with Crippen molar-refractivity contribution in [3.05, 3.63) is 59.3 Å². The molecule has 2 aromatic carbocycles. The third kappa shape index (κ3) is 4.56. The number of pyridine rings is 1. The number of fused-ring (bicyclic) bond motifs is 3. The van der Waals surface area contributed by atoms with Crippen LogP contribution in [0.4, 0.5) is 5.13 Å². The number of carbonyl (C=O) groups excluding carboxylic acids is 2. The summed E-state index contributed by atoms with van der Waals surface area (Å²) in [6, 6.07) is 13.1. The summed E-state index contributed by atoms with van der Waals surface area (Å²) in [4.78, 5) is 38.0. The predicted molar refractivity (Wildman–Crippen MR) is 136 cm³/mol. The largest absolute Gasteiger partial charge is 0.497 e. The average molecular weight is 491 g/mol. The zero-order valence-corrected chi connectivity index (χ0v) is 20.6. The van der Waals surface area contributed by atoms with Crippen molar-refractivity contribution in [1.29, 1.82) is 0 Å². The Morgan fingerprint density at radius 3 is 2.80 bits per heavy atom. The van der Waals surface area contributed by atoms with E-state index in [1.807, 2.05) is 56.4 Å². The van der Waals surface area contributed by atoms with Crippen molar-refractivity contribution >= 4 is 49.5 Å². The number of thiazole rings is 1. The second-order valence-corrected chi connectivity index (χ2v) is 9.59. The van der Waals surface area contributed by atoms with Gasteiger partial charge in [0, 0.05) is 36.2 Å². The van der Waals surface area contributed by atoms with Crippen LogP contribution in [-0.4, -0.2) is 53.6 Å². The molecule has 1 amide bonds. The first kappa shape index (κ1) is 23.2. The van der Waals surface area contributed by atoms with Crippen LogP contribution in [0.25, 0.3) is 21.1 Å². The first-order valence-electron chi connectivity index (χ1n) is 11.5. The molecule has 1 atom stereocenters. The number of rotatable bonds is 6. The smallest absolute Gasteiger partial charge is 0.340 e. The fraction of sp³-hybridized carbons (Fsp3) is 0.308. The van der Waals surface area contributed by atoms with E-state index < -0.39 is 18.0 Å². The minimum atomic E-state index is -0.951. The molecule has 1 unspecified atom stereocenters. The van der Waals surface area contributed by atoms with Crippen LogP contribution < -0.4 is 10.1 Å². The highest BCUT2D eigenvalue weighted by atomic mass is 32.1. The lowest BCUT2D eigenvalue weighted by molar-refractivity contribution is -0.124. The number of anilines is 1. The van der Waals surface area contributed by atoms with Crippen LogP contribution in [0.2, 0.25) is 0 Å². The van der Waals surface area contributed by atoms with Crippen LogP contribution in [0.1, 0.15) is 35.0 Å². The standard InChI is InChI=1S/C26H26N4O4S/c1-4-21(24(31)29-26-28-20-10-9-15(33-3)13-22(20)35-26)34-25(32)23-16-7-5-6-8-18(16)27-19-11-12-30(2)14-17(19)23/h5-10,13,21H,4,11-12,14H2,1-3H3,(H,28,29,31). The van der Waals surface area contributed by atoms with Crippen molar-refractivity contribution in [2.24, 2.45) is 0 Å². The second kappa shape index (κ2) is 9.59. The lowest BCUT2D eigenvalue weighted by Gasteiger charge is -2.27. The number of nitrogens with one attached hydrogen (secondary N) is 1. The highest BCUT2D eigenvalue weighted by molar-refractivity contribution is 7.22.